The van der Waals surface area contributed by atoms with Crippen LogP contribution in [0.4, 0.5) is 17.1 Å². The van der Waals surface area contributed by atoms with Crippen LogP contribution in [0.15, 0.2) is 176 Å². The minimum absolute atomic E-state index is 0.0708. The molecular formula is C55H45N. The van der Waals surface area contributed by atoms with Gasteiger partial charge in [0.2, 0.25) is 0 Å². The van der Waals surface area contributed by atoms with Gasteiger partial charge in [0, 0.05) is 27.8 Å². The van der Waals surface area contributed by atoms with E-state index in [4.69, 9.17) is 0 Å². The molecule has 0 N–H and O–H groups in total. The van der Waals surface area contributed by atoms with Gasteiger partial charge in [0.1, 0.15) is 0 Å². The highest BCUT2D eigenvalue weighted by atomic mass is 15.1. The van der Waals surface area contributed by atoms with Gasteiger partial charge in [-0.3, -0.25) is 0 Å². The fourth-order valence-corrected chi connectivity index (χ4v) is 10.8. The van der Waals surface area contributed by atoms with Crippen molar-refractivity contribution in [3.63, 3.8) is 0 Å². The van der Waals surface area contributed by atoms with Crippen LogP contribution in [0.3, 0.4) is 0 Å². The van der Waals surface area contributed by atoms with Gasteiger partial charge in [-0.25, -0.2) is 0 Å². The van der Waals surface area contributed by atoms with Crippen LogP contribution in [0.1, 0.15) is 68.2 Å². The molecule has 1 spiro atoms. The Balaban J connectivity index is 1.11. The van der Waals surface area contributed by atoms with Crippen molar-refractivity contribution >= 4 is 27.8 Å². The fourth-order valence-electron chi connectivity index (χ4n) is 10.8. The Morgan fingerprint density at radius 1 is 0.393 bits per heavy atom. The van der Waals surface area contributed by atoms with E-state index in [0.29, 0.717) is 0 Å². The summed E-state index contributed by atoms with van der Waals surface area (Å²) in [4.78, 5) is 2.54. The average molecular weight is 720 g/mol. The molecule has 0 heterocycles. The first-order valence-electron chi connectivity index (χ1n) is 20.5. The number of para-hydroxylation sites is 1. The first-order chi connectivity index (χ1) is 27.5. The lowest BCUT2D eigenvalue weighted by molar-refractivity contribution is 0.353. The highest BCUT2D eigenvalue weighted by molar-refractivity contribution is 5.96. The molecule has 56 heavy (non-hydrogen) atoms. The number of rotatable bonds is 5. The molecule has 1 heteroatoms. The summed E-state index contributed by atoms with van der Waals surface area (Å²) in [6, 6.07) is 66.3. The number of hydrogen-bond acceptors (Lipinski definition) is 1. The molecule has 8 aromatic rings. The van der Waals surface area contributed by atoms with Crippen molar-refractivity contribution in [1.29, 1.82) is 0 Å². The fraction of sp³-hybridized carbons (Fsp3) is 0.164. The van der Waals surface area contributed by atoms with E-state index in [1.807, 2.05) is 0 Å². The molecule has 1 fully saturated rings. The number of hydrogen-bond donors (Lipinski definition) is 0. The van der Waals surface area contributed by atoms with Gasteiger partial charge in [0.05, 0.1) is 5.69 Å². The van der Waals surface area contributed by atoms with E-state index in [-0.39, 0.29) is 10.8 Å². The van der Waals surface area contributed by atoms with Crippen LogP contribution in [0.5, 0.6) is 0 Å². The van der Waals surface area contributed by atoms with Crippen LogP contribution in [0.25, 0.3) is 55.3 Å². The van der Waals surface area contributed by atoms with Gasteiger partial charge in [-0.2, -0.15) is 0 Å². The summed E-state index contributed by atoms with van der Waals surface area (Å²) in [5, 5.41) is 2.53. The summed E-state index contributed by atoms with van der Waals surface area (Å²) in [6.07, 6.45) is 6.30. The van der Waals surface area contributed by atoms with E-state index >= 15 is 0 Å². The minimum Gasteiger partial charge on any atom is -0.310 e. The van der Waals surface area contributed by atoms with E-state index < -0.39 is 0 Å². The number of nitrogens with zero attached hydrogens (tertiary/aromatic N) is 1. The van der Waals surface area contributed by atoms with Crippen molar-refractivity contribution < 1.29 is 0 Å². The molecule has 0 aromatic heterocycles. The molecule has 1 nitrogen and oxygen atoms in total. The maximum atomic E-state index is 2.56. The first kappa shape index (κ1) is 33.2. The Hall–Kier alpha value is -6.18. The lowest BCUT2D eigenvalue weighted by Crippen LogP contribution is -2.28. The Kier molecular flexibility index (Phi) is 7.52. The third-order valence-corrected chi connectivity index (χ3v) is 13.4. The van der Waals surface area contributed by atoms with Crippen molar-refractivity contribution in [2.75, 3.05) is 4.90 Å². The SMILES string of the molecule is CC1(C)c2ccccc2-c2cccc(-c3ccccc3N(c3ccc(-c4ccc5ccccc5c4)cc3)c3ccc4c(c3)C3(CCCCC3)c3ccccc3-4)c21. The zero-order chi connectivity index (χ0) is 37.4. The highest BCUT2D eigenvalue weighted by Crippen LogP contribution is 2.58. The van der Waals surface area contributed by atoms with E-state index in [9.17, 15) is 0 Å². The summed E-state index contributed by atoms with van der Waals surface area (Å²) in [6.45, 7) is 4.80. The van der Waals surface area contributed by atoms with Crippen LogP contribution < -0.4 is 4.90 Å². The number of fused-ring (bicyclic) bond motifs is 9. The van der Waals surface area contributed by atoms with Crippen LogP contribution in [-0.2, 0) is 10.8 Å². The molecule has 0 atom stereocenters. The van der Waals surface area contributed by atoms with Crippen LogP contribution in [-0.4, -0.2) is 0 Å². The van der Waals surface area contributed by atoms with E-state index in [1.54, 1.807) is 0 Å². The Bertz CT molecular complexity index is 2810. The quantitative estimate of drug-likeness (QED) is 0.171. The molecule has 1 saturated carbocycles. The van der Waals surface area contributed by atoms with Crippen LogP contribution in [0.2, 0.25) is 0 Å². The topological polar surface area (TPSA) is 3.24 Å². The largest absolute Gasteiger partial charge is 0.310 e. The van der Waals surface area contributed by atoms with Gasteiger partial charge in [-0.1, -0.05) is 173 Å². The molecule has 0 aliphatic heterocycles. The van der Waals surface area contributed by atoms with E-state index in [0.717, 1.165) is 5.69 Å². The summed E-state index contributed by atoms with van der Waals surface area (Å²) >= 11 is 0. The first-order valence-corrected chi connectivity index (χ1v) is 20.5. The molecule has 3 aliphatic rings. The maximum absolute atomic E-state index is 2.56. The normalized spacial score (nSPS) is 15.6. The molecule has 0 amide bonds. The van der Waals surface area contributed by atoms with Crippen molar-refractivity contribution in [3.05, 3.63) is 198 Å². The molecule has 0 bridgehead atoms. The van der Waals surface area contributed by atoms with Gasteiger partial charge in [-0.05, 0) is 121 Å². The molecule has 0 unspecified atom stereocenters. The Labute approximate surface area is 330 Å². The maximum Gasteiger partial charge on any atom is 0.0540 e. The van der Waals surface area contributed by atoms with Gasteiger partial charge in [-0.15, -0.1) is 0 Å². The summed E-state index contributed by atoms with van der Waals surface area (Å²) in [5.41, 5.74) is 19.9. The van der Waals surface area contributed by atoms with Crippen LogP contribution in [0, 0.1) is 0 Å². The van der Waals surface area contributed by atoms with Gasteiger partial charge >= 0.3 is 0 Å². The smallest absolute Gasteiger partial charge is 0.0540 e. The Morgan fingerprint density at radius 2 is 0.964 bits per heavy atom. The van der Waals surface area contributed by atoms with Crippen molar-refractivity contribution in [1.82, 2.24) is 0 Å². The van der Waals surface area contributed by atoms with E-state index in [1.165, 1.54) is 121 Å². The van der Waals surface area contributed by atoms with Crippen molar-refractivity contribution in [2.24, 2.45) is 0 Å². The van der Waals surface area contributed by atoms with Gasteiger partial charge in [0.25, 0.3) is 0 Å². The standard InChI is InChI=1S/C55H45N/c1-54(2)49-22-9-6-18-44(49)47-20-14-21-48(53(47)54)46-19-8-11-24-52(46)56(41-29-27-38(28-30-41)40-26-25-37-15-4-5-16-39(37)35-40)42-31-32-45-43-17-7-10-23-50(43)55(51(45)36-42)33-12-3-13-34-55/h4-11,14-32,35-36H,3,12-13,33-34H2,1-2H3. The molecule has 0 saturated heterocycles. The molecular weight excluding hydrogens is 675 g/mol. The zero-order valence-electron chi connectivity index (χ0n) is 32.2. The number of benzene rings is 8. The van der Waals surface area contributed by atoms with Gasteiger partial charge < -0.3 is 4.90 Å². The number of anilines is 3. The van der Waals surface area contributed by atoms with Crippen LogP contribution >= 0.6 is 0 Å². The second-order valence-corrected chi connectivity index (χ2v) is 16.8. The summed E-state index contributed by atoms with van der Waals surface area (Å²) in [7, 11) is 0. The van der Waals surface area contributed by atoms with Crippen molar-refractivity contribution in [3.8, 4) is 44.5 Å². The van der Waals surface area contributed by atoms with Crippen molar-refractivity contribution in [2.45, 2.75) is 56.8 Å². The third-order valence-electron chi connectivity index (χ3n) is 13.4. The molecule has 0 radical (unpaired) electrons. The highest BCUT2D eigenvalue weighted by Gasteiger charge is 2.44. The monoisotopic (exact) mass is 719 g/mol. The molecule has 270 valence electrons. The average Bonchev–Trinajstić information content (AvgIpc) is 3.65. The predicted molar refractivity (Wildman–Crippen MR) is 236 cm³/mol. The zero-order valence-corrected chi connectivity index (χ0v) is 32.2. The summed E-state index contributed by atoms with van der Waals surface area (Å²) in [5.74, 6) is 0. The lowest BCUT2D eigenvalue weighted by atomic mass is 9.68. The molecule has 8 aromatic carbocycles. The summed E-state index contributed by atoms with van der Waals surface area (Å²) < 4.78 is 0. The minimum atomic E-state index is -0.130. The second kappa shape index (κ2) is 12.7. The molecule has 11 rings (SSSR count). The van der Waals surface area contributed by atoms with E-state index in [2.05, 4.69) is 195 Å². The lowest BCUT2D eigenvalue weighted by Gasteiger charge is -2.37. The van der Waals surface area contributed by atoms with Gasteiger partial charge in [0.15, 0.2) is 0 Å². The third kappa shape index (κ3) is 4.93. The predicted octanol–water partition coefficient (Wildman–Crippen LogP) is 15.2. The Morgan fingerprint density at radius 3 is 1.75 bits per heavy atom. The second-order valence-electron chi connectivity index (χ2n) is 16.8. The molecule has 3 aliphatic carbocycles.